The van der Waals surface area contributed by atoms with E-state index in [4.69, 9.17) is 5.73 Å². The topological polar surface area (TPSA) is 54.2 Å². The Morgan fingerprint density at radius 1 is 1.69 bits per heavy atom. The van der Waals surface area contributed by atoms with E-state index < -0.39 is 0 Å². The van der Waals surface area contributed by atoms with Crippen LogP contribution in [0.4, 0.5) is 5.13 Å². The van der Waals surface area contributed by atoms with Gasteiger partial charge in [-0.05, 0) is 32.4 Å². The summed E-state index contributed by atoms with van der Waals surface area (Å²) in [5.74, 6) is 0.853. The first kappa shape index (κ1) is 11.8. The molecule has 1 aliphatic rings. The van der Waals surface area contributed by atoms with Gasteiger partial charge < -0.3 is 16.0 Å². The number of hydrogen-bond acceptors (Lipinski definition) is 5. The Bertz CT molecular complexity index is 326. The van der Waals surface area contributed by atoms with Crippen LogP contribution in [-0.4, -0.2) is 36.6 Å². The van der Waals surface area contributed by atoms with Gasteiger partial charge in [0, 0.05) is 30.7 Å². The zero-order chi connectivity index (χ0) is 11.4. The van der Waals surface area contributed by atoms with Crippen LogP contribution in [0.5, 0.6) is 0 Å². The number of likely N-dealkylation sites (tertiary alicyclic amines) is 1. The molecule has 3 N–H and O–H groups in total. The molecule has 0 saturated carbocycles. The molecule has 2 rings (SSSR count). The molecule has 16 heavy (non-hydrogen) atoms. The van der Waals surface area contributed by atoms with Crippen molar-refractivity contribution >= 4 is 16.5 Å². The normalized spacial score (nSPS) is 21.5. The highest BCUT2D eigenvalue weighted by atomic mass is 32.1. The molecule has 1 atom stereocenters. The highest BCUT2D eigenvalue weighted by Gasteiger charge is 2.18. The highest BCUT2D eigenvalue weighted by Crippen LogP contribution is 2.20. The first-order valence-electron chi connectivity index (χ1n) is 5.85. The van der Waals surface area contributed by atoms with E-state index in [-0.39, 0.29) is 0 Å². The standard InChI is InChI=1S/C11H20N4S/c1-15-5-3-9(8-15)2-4-13-11-14-7-10(6-12)16-11/h7,9H,2-6,8,12H2,1H3,(H,13,14). The second-order valence-corrected chi connectivity index (χ2v) is 5.58. The van der Waals surface area contributed by atoms with Crippen LogP contribution >= 0.6 is 11.3 Å². The third-order valence-electron chi connectivity index (χ3n) is 3.07. The molecule has 0 spiro atoms. The summed E-state index contributed by atoms with van der Waals surface area (Å²) < 4.78 is 0. The predicted octanol–water partition coefficient (Wildman–Crippen LogP) is 1.36. The van der Waals surface area contributed by atoms with E-state index in [2.05, 4.69) is 22.2 Å². The average Bonchev–Trinajstić information content (AvgIpc) is 2.88. The Labute approximate surface area is 101 Å². The Balaban J connectivity index is 1.67. The number of thiazole rings is 1. The minimum absolute atomic E-state index is 0.590. The molecule has 5 heteroatoms. The van der Waals surface area contributed by atoms with Crippen molar-refractivity contribution in [2.45, 2.75) is 19.4 Å². The number of aromatic nitrogens is 1. The van der Waals surface area contributed by atoms with Crippen LogP contribution in [0.15, 0.2) is 6.20 Å². The minimum Gasteiger partial charge on any atom is -0.362 e. The fourth-order valence-electron chi connectivity index (χ4n) is 2.13. The van der Waals surface area contributed by atoms with Crippen LogP contribution in [0.25, 0.3) is 0 Å². The van der Waals surface area contributed by atoms with E-state index in [1.165, 1.54) is 25.9 Å². The SMILES string of the molecule is CN1CCC(CCNc2ncc(CN)s2)C1. The van der Waals surface area contributed by atoms with Gasteiger partial charge in [-0.15, -0.1) is 11.3 Å². The molecule has 1 unspecified atom stereocenters. The van der Waals surface area contributed by atoms with Crippen molar-refractivity contribution in [3.8, 4) is 0 Å². The van der Waals surface area contributed by atoms with Gasteiger partial charge >= 0.3 is 0 Å². The van der Waals surface area contributed by atoms with Gasteiger partial charge in [-0.3, -0.25) is 0 Å². The molecule has 1 saturated heterocycles. The second-order valence-electron chi connectivity index (χ2n) is 4.47. The lowest BCUT2D eigenvalue weighted by Crippen LogP contribution is -2.15. The van der Waals surface area contributed by atoms with Crippen LogP contribution in [0.1, 0.15) is 17.7 Å². The van der Waals surface area contributed by atoms with Crippen molar-refractivity contribution in [3.05, 3.63) is 11.1 Å². The summed E-state index contributed by atoms with van der Waals surface area (Å²) in [6.45, 7) is 4.11. The van der Waals surface area contributed by atoms with Gasteiger partial charge in [0.15, 0.2) is 5.13 Å². The average molecular weight is 240 g/mol. The van der Waals surface area contributed by atoms with E-state index in [0.29, 0.717) is 6.54 Å². The Hall–Kier alpha value is -0.650. The molecular formula is C11H20N4S. The molecule has 1 fully saturated rings. The molecular weight excluding hydrogens is 220 g/mol. The molecule has 2 heterocycles. The maximum Gasteiger partial charge on any atom is 0.182 e. The first-order chi connectivity index (χ1) is 7.78. The molecule has 90 valence electrons. The number of anilines is 1. The molecule has 0 amide bonds. The fourth-order valence-corrected chi connectivity index (χ4v) is 2.85. The van der Waals surface area contributed by atoms with Crippen LogP contribution < -0.4 is 11.1 Å². The van der Waals surface area contributed by atoms with Crippen molar-refractivity contribution in [3.63, 3.8) is 0 Å². The number of nitrogens with one attached hydrogen (secondary N) is 1. The first-order valence-corrected chi connectivity index (χ1v) is 6.66. The third kappa shape index (κ3) is 3.17. The summed E-state index contributed by atoms with van der Waals surface area (Å²) in [6.07, 6.45) is 4.43. The fraction of sp³-hybridized carbons (Fsp3) is 0.727. The van der Waals surface area contributed by atoms with Gasteiger partial charge in [0.05, 0.1) is 0 Å². The minimum atomic E-state index is 0.590. The summed E-state index contributed by atoms with van der Waals surface area (Å²) in [6, 6.07) is 0. The van der Waals surface area contributed by atoms with E-state index in [1.807, 2.05) is 6.20 Å². The summed E-state index contributed by atoms with van der Waals surface area (Å²) in [5.41, 5.74) is 5.54. The van der Waals surface area contributed by atoms with Gasteiger partial charge in [-0.1, -0.05) is 0 Å². The maximum atomic E-state index is 5.54. The van der Waals surface area contributed by atoms with E-state index >= 15 is 0 Å². The highest BCUT2D eigenvalue weighted by molar-refractivity contribution is 7.15. The quantitative estimate of drug-likeness (QED) is 0.816. The van der Waals surface area contributed by atoms with E-state index in [1.54, 1.807) is 11.3 Å². The smallest absolute Gasteiger partial charge is 0.182 e. The molecule has 1 aliphatic heterocycles. The summed E-state index contributed by atoms with van der Waals surface area (Å²) in [5, 5.41) is 4.38. The number of rotatable bonds is 5. The molecule has 0 aromatic carbocycles. The third-order valence-corrected chi connectivity index (χ3v) is 4.05. The maximum absolute atomic E-state index is 5.54. The zero-order valence-corrected chi connectivity index (χ0v) is 10.6. The molecule has 4 nitrogen and oxygen atoms in total. The lowest BCUT2D eigenvalue weighted by molar-refractivity contribution is 0.390. The van der Waals surface area contributed by atoms with Crippen LogP contribution in [0.3, 0.4) is 0 Å². The van der Waals surface area contributed by atoms with Crippen molar-refractivity contribution in [2.24, 2.45) is 11.7 Å². The van der Waals surface area contributed by atoms with Crippen LogP contribution in [0, 0.1) is 5.92 Å². The van der Waals surface area contributed by atoms with Crippen LogP contribution in [0.2, 0.25) is 0 Å². The summed E-state index contributed by atoms with van der Waals surface area (Å²) in [4.78, 5) is 7.83. The molecule has 1 aromatic rings. The Morgan fingerprint density at radius 3 is 3.19 bits per heavy atom. The van der Waals surface area contributed by atoms with Crippen molar-refractivity contribution in [1.29, 1.82) is 0 Å². The Kier molecular flexibility index (Phi) is 4.15. The summed E-state index contributed by atoms with van der Waals surface area (Å²) >= 11 is 1.66. The number of hydrogen-bond donors (Lipinski definition) is 2. The molecule has 0 aliphatic carbocycles. The van der Waals surface area contributed by atoms with Crippen molar-refractivity contribution in [1.82, 2.24) is 9.88 Å². The van der Waals surface area contributed by atoms with Gasteiger partial charge in [0.25, 0.3) is 0 Å². The van der Waals surface area contributed by atoms with Crippen molar-refractivity contribution < 1.29 is 0 Å². The molecule has 0 bridgehead atoms. The van der Waals surface area contributed by atoms with E-state index in [0.717, 1.165) is 22.5 Å². The molecule has 1 aromatic heterocycles. The number of nitrogens with zero attached hydrogens (tertiary/aromatic N) is 2. The lowest BCUT2D eigenvalue weighted by atomic mass is 10.1. The van der Waals surface area contributed by atoms with Crippen LogP contribution in [-0.2, 0) is 6.54 Å². The largest absolute Gasteiger partial charge is 0.362 e. The number of nitrogens with two attached hydrogens (primary N) is 1. The van der Waals surface area contributed by atoms with Gasteiger partial charge in [0.2, 0.25) is 0 Å². The van der Waals surface area contributed by atoms with Gasteiger partial charge in [-0.2, -0.15) is 0 Å². The van der Waals surface area contributed by atoms with Gasteiger partial charge in [-0.25, -0.2) is 4.98 Å². The lowest BCUT2D eigenvalue weighted by Gasteiger charge is -2.10. The zero-order valence-electron chi connectivity index (χ0n) is 9.78. The predicted molar refractivity (Wildman–Crippen MR) is 68.7 cm³/mol. The second kappa shape index (κ2) is 5.61. The van der Waals surface area contributed by atoms with Crippen molar-refractivity contribution in [2.75, 3.05) is 32.0 Å². The Morgan fingerprint density at radius 2 is 2.56 bits per heavy atom. The summed E-state index contributed by atoms with van der Waals surface area (Å²) in [7, 11) is 2.20. The molecule has 0 radical (unpaired) electrons. The monoisotopic (exact) mass is 240 g/mol. The van der Waals surface area contributed by atoms with Gasteiger partial charge in [0.1, 0.15) is 0 Å². The van der Waals surface area contributed by atoms with E-state index in [9.17, 15) is 0 Å².